The number of hydrogen-bond donors (Lipinski definition) is 3. The van der Waals surface area contributed by atoms with E-state index in [1.807, 2.05) is 18.2 Å². The van der Waals surface area contributed by atoms with E-state index >= 15 is 0 Å². The molecule has 0 amide bonds. The van der Waals surface area contributed by atoms with Gasteiger partial charge in [0.1, 0.15) is 9.75 Å². The van der Waals surface area contributed by atoms with Crippen molar-refractivity contribution in [3.8, 4) is 20.9 Å². The standard InChI is InChI=1S/C57H66N2O5S2/c1-37-19-22-40(23-20-37)50-35-59(30-31-60)29-26-44(50)49-34-53(66-55(49)57(63)64)46-18-10-9-17-43(46)47-32-42(24-21-38(47)2)51-36-58(27-11-14-39-12-5-3-6-13-39)28-25-45(51)48-33-52(65-54(48)56(61)62)41-15-7-4-8-16-41/h3-10,12-13,15-18,33-34,37-38,40,42,47,60H,11,14,19-32,35-36H2,1-2H3,(H,61,62)(H,63,64). The molecule has 2 aliphatic heterocycles. The van der Waals surface area contributed by atoms with Crippen molar-refractivity contribution in [2.75, 3.05) is 45.9 Å². The number of aliphatic hydroxyl groups is 1. The SMILES string of the molecule is CC1CCC(C2=C(c3cc(-c4ccccc4C4CC(C5=C(c6cc(-c7ccccc7)sc6C(=O)O)CCN(CCCc6ccccc6)C5)CCC4C)sc3C(=O)O)CCN(CCO)C2)CC1. The number of carboxylic acid groups (broad SMARTS) is 2. The summed E-state index contributed by atoms with van der Waals surface area (Å²) in [7, 11) is 0. The molecule has 3 unspecified atom stereocenters. The number of carboxylic acids is 2. The van der Waals surface area contributed by atoms with Crippen molar-refractivity contribution in [3.63, 3.8) is 0 Å². The molecule has 4 aliphatic rings. The summed E-state index contributed by atoms with van der Waals surface area (Å²) in [6, 6.07) is 34.0. The molecule has 66 heavy (non-hydrogen) atoms. The Hall–Kier alpha value is -4.64. The highest BCUT2D eigenvalue weighted by Gasteiger charge is 2.37. The Labute approximate surface area is 399 Å². The number of aromatic carboxylic acids is 2. The van der Waals surface area contributed by atoms with Gasteiger partial charge in [0.15, 0.2) is 0 Å². The molecule has 2 saturated carbocycles. The number of rotatable bonds is 15. The summed E-state index contributed by atoms with van der Waals surface area (Å²) >= 11 is 2.83. The monoisotopic (exact) mass is 922 g/mol. The third-order valence-electron chi connectivity index (χ3n) is 15.5. The van der Waals surface area contributed by atoms with Gasteiger partial charge in [-0.15, -0.1) is 22.7 Å². The molecular weight excluding hydrogens is 857 g/mol. The van der Waals surface area contributed by atoms with E-state index in [9.17, 15) is 24.9 Å². The van der Waals surface area contributed by atoms with Crippen molar-refractivity contribution in [2.45, 2.75) is 90.4 Å². The van der Waals surface area contributed by atoms with Crippen LogP contribution in [0.4, 0.5) is 0 Å². The maximum Gasteiger partial charge on any atom is 0.346 e. The van der Waals surface area contributed by atoms with E-state index in [0.29, 0.717) is 28.1 Å². The zero-order chi connectivity index (χ0) is 45.7. The Kier molecular flexibility index (Phi) is 14.9. The molecule has 9 heteroatoms. The third-order valence-corrected chi connectivity index (χ3v) is 17.8. The summed E-state index contributed by atoms with van der Waals surface area (Å²) in [5, 5.41) is 31.4. The molecule has 2 aliphatic carbocycles. The van der Waals surface area contributed by atoms with Gasteiger partial charge in [0.05, 0.1) is 6.61 Å². The predicted molar refractivity (Wildman–Crippen MR) is 272 cm³/mol. The van der Waals surface area contributed by atoms with Crippen LogP contribution in [0.25, 0.3) is 32.0 Å². The van der Waals surface area contributed by atoms with Crippen molar-refractivity contribution in [2.24, 2.45) is 23.7 Å². The van der Waals surface area contributed by atoms with Crippen LogP contribution in [0.2, 0.25) is 0 Å². The van der Waals surface area contributed by atoms with Crippen LogP contribution in [-0.2, 0) is 6.42 Å². The zero-order valence-electron chi connectivity index (χ0n) is 38.7. The molecule has 0 bridgehead atoms. The number of hydrogen-bond acceptors (Lipinski definition) is 7. The Balaban J connectivity index is 1.07. The maximum absolute atomic E-state index is 13.2. The second-order valence-electron chi connectivity index (χ2n) is 19.7. The molecule has 7 nitrogen and oxygen atoms in total. The van der Waals surface area contributed by atoms with Crippen molar-refractivity contribution in [1.82, 2.24) is 9.80 Å². The lowest BCUT2D eigenvalue weighted by Gasteiger charge is -2.41. The highest BCUT2D eigenvalue weighted by Crippen LogP contribution is 2.51. The number of thiophene rings is 2. The number of benzene rings is 3. The lowest BCUT2D eigenvalue weighted by Crippen LogP contribution is -2.36. The summed E-state index contributed by atoms with van der Waals surface area (Å²) in [4.78, 5) is 34.1. The van der Waals surface area contributed by atoms with Crippen LogP contribution in [0.5, 0.6) is 0 Å². The van der Waals surface area contributed by atoms with Gasteiger partial charge >= 0.3 is 11.9 Å². The minimum atomic E-state index is -0.860. The highest BCUT2D eigenvalue weighted by molar-refractivity contribution is 7.18. The first-order valence-corrected chi connectivity index (χ1v) is 26.2. The van der Waals surface area contributed by atoms with Gasteiger partial charge in [-0.1, -0.05) is 112 Å². The van der Waals surface area contributed by atoms with Crippen LogP contribution < -0.4 is 0 Å². The molecule has 2 fully saturated rings. The first-order chi connectivity index (χ1) is 32.1. The van der Waals surface area contributed by atoms with Crippen LogP contribution in [0.3, 0.4) is 0 Å². The molecule has 0 saturated heterocycles. The fourth-order valence-corrected chi connectivity index (χ4v) is 14.0. The van der Waals surface area contributed by atoms with E-state index in [1.165, 1.54) is 68.9 Å². The fourth-order valence-electron chi connectivity index (χ4n) is 11.9. The van der Waals surface area contributed by atoms with E-state index in [2.05, 4.69) is 103 Å². The Morgan fingerprint density at radius 3 is 1.85 bits per heavy atom. The Morgan fingerprint density at radius 1 is 0.636 bits per heavy atom. The van der Waals surface area contributed by atoms with Crippen LogP contribution in [0, 0.1) is 23.7 Å². The first-order valence-electron chi connectivity index (χ1n) is 24.6. The average Bonchev–Trinajstić information content (AvgIpc) is 4.00. The van der Waals surface area contributed by atoms with E-state index in [0.717, 1.165) is 128 Å². The van der Waals surface area contributed by atoms with Gasteiger partial charge in [-0.2, -0.15) is 0 Å². The molecule has 3 atom stereocenters. The summed E-state index contributed by atoms with van der Waals surface area (Å²) < 4.78 is 0. The van der Waals surface area contributed by atoms with Crippen LogP contribution in [0.15, 0.2) is 108 Å². The van der Waals surface area contributed by atoms with Crippen molar-refractivity contribution in [3.05, 3.63) is 140 Å². The second-order valence-corrected chi connectivity index (χ2v) is 21.8. The predicted octanol–water partition coefficient (Wildman–Crippen LogP) is 13.1. The van der Waals surface area contributed by atoms with Crippen LogP contribution in [-0.4, -0.2) is 82.9 Å². The smallest absolute Gasteiger partial charge is 0.346 e. The van der Waals surface area contributed by atoms with E-state index in [-0.39, 0.29) is 18.4 Å². The highest BCUT2D eigenvalue weighted by atomic mass is 32.1. The zero-order valence-corrected chi connectivity index (χ0v) is 40.4. The summed E-state index contributed by atoms with van der Waals surface area (Å²) in [5.74, 6) is 0.412. The molecule has 9 rings (SSSR count). The number of aliphatic hydroxyl groups excluding tert-OH is 1. The summed E-state index contributed by atoms with van der Waals surface area (Å²) in [6.45, 7) is 9.87. The minimum Gasteiger partial charge on any atom is -0.477 e. The van der Waals surface area contributed by atoms with Gasteiger partial charge in [0.25, 0.3) is 0 Å². The lowest BCUT2D eigenvalue weighted by molar-refractivity contribution is 0.0691. The molecule has 5 aromatic rings. The molecule has 3 N–H and O–H groups in total. The van der Waals surface area contributed by atoms with Gasteiger partial charge in [-0.3, -0.25) is 9.80 Å². The van der Waals surface area contributed by atoms with Crippen LogP contribution in [0.1, 0.15) is 126 Å². The number of carbonyl (C=O) groups is 2. The largest absolute Gasteiger partial charge is 0.477 e. The van der Waals surface area contributed by atoms with E-state index in [4.69, 9.17) is 0 Å². The van der Waals surface area contributed by atoms with Gasteiger partial charge in [-0.25, -0.2) is 9.59 Å². The normalized spacial score (nSPS) is 23.3. The Bertz CT molecular complexity index is 2550. The molecule has 2 aromatic heterocycles. The van der Waals surface area contributed by atoms with Crippen LogP contribution >= 0.6 is 22.7 Å². The number of nitrogens with zero attached hydrogens (tertiary/aromatic N) is 2. The molecular formula is C57H66N2O5S2. The number of aryl methyl sites for hydroxylation is 1. The maximum atomic E-state index is 13.2. The molecule has 0 radical (unpaired) electrons. The van der Waals surface area contributed by atoms with Crippen molar-refractivity contribution >= 4 is 45.8 Å². The molecule has 346 valence electrons. The van der Waals surface area contributed by atoms with Gasteiger partial charge in [-0.05, 0) is 151 Å². The van der Waals surface area contributed by atoms with Gasteiger partial charge < -0.3 is 15.3 Å². The quantitative estimate of drug-likeness (QED) is 0.0961. The third kappa shape index (κ3) is 10.3. The topological polar surface area (TPSA) is 101 Å². The second kappa shape index (κ2) is 21.1. The van der Waals surface area contributed by atoms with Crippen molar-refractivity contribution < 1.29 is 24.9 Å². The molecule has 4 heterocycles. The number of β-amino-alcohol motifs (C(OH)–C–C–N with tert-alkyl or cyclic N) is 1. The van der Waals surface area contributed by atoms with Gasteiger partial charge in [0.2, 0.25) is 0 Å². The lowest BCUT2D eigenvalue weighted by atomic mass is 9.67. The van der Waals surface area contributed by atoms with Crippen molar-refractivity contribution in [1.29, 1.82) is 0 Å². The minimum absolute atomic E-state index is 0.128. The summed E-state index contributed by atoms with van der Waals surface area (Å²) in [6.07, 6.45) is 11.5. The fraction of sp³-hybridized carbons (Fsp3) is 0.439. The molecule has 3 aromatic carbocycles. The summed E-state index contributed by atoms with van der Waals surface area (Å²) in [5.41, 5.74) is 11.9. The van der Waals surface area contributed by atoms with E-state index in [1.54, 1.807) is 0 Å². The molecule has 0 spiro atoms. The van der Waals surface area contributed by atoms with E-state index < -0.39 is 11.9 Å². The average molecular weight is 923 g/mol. The van der Waals surface area contributed by atoms with Gasteiger partial charge in [0, 0.05) is 53.6 Å². The Morgan fingerprint density at radius 2 is 1.20 bits per heavy atom. The first kappa shape index (κ1) is 46.5.